The lowest BCUT2D eigenvalue weighted by Crippen LogP contribution is -2.52. The Kier molecular flexibility index (Phi) is 6.22. The topological polar surface area (TPSA) is 120 Å². The van der Waals surface area contributed by atoms with Crippen molar-refractivity contribution in [3.63, 3.8) is 0 Å². The van der Waals surface area contributed by atoms with E-state index in [2.05, 4.69) is 70.4 Å². The van der Waals surface area contributed by atoms with E-state index < -0.39 is 11.6 Å². The van der Waals surface area contributed by atoms with E-state index in [0.29, 0.717) is 11.6 Å². The highest BCUT2D eigenvalue weighted by atomic mass is 16.1. The van der Waals surface area contributed by atoms with Crippen LogP contribution in [0.3, 0.4) is 0 Å². The van der Waals surface area contributed by atoms with Gasteiger partial charge < -0.3 is 27.0 Å². The van der Waals surface area contributed by atoms with Gasteiger partial charge in [-0.2, -0.15) is 5.10 Å². The van der Waals surface area contributed by atoms with Crippen molar-refractivity contribution in [2.24, 2.45) is 5.73 Å². The van der Waals surface area contributed by atoms with Gasteiger partial charge in [-0.05, 0) is 79.5 Å². The van der Waals surface area contributed by atoms with Gasteiger partial charge in [0.15, 0.2) is 5.66 Å². The zero-order valence-electron chi connectivity index (χ0n) is 21.1. The molecule has 1 saturated heterocycles. The van der Waals surface area contributed by atoms with Gasteiger partial charge in [-0.1, -0.05) is 32.9 Å². The number of aromatic nitrogens is 2. The number of nitrogens with one attached hydrogen (secondary N) is 5. The summed E-state index contributed by atoms with van der Waals surface area (Å²) in [4.78, 5) is 12.7. The molecule has 3 heterocycles. The molecule has 8 nitrogen and oxygen atoms in total. The number of rotatable bonds is 6. The zero-order chi connectivity index (χ0) is 25.3. The van der Waals surface area contributed by atoms with Crippen molar-refractivity contribution in [2.75, 3.05) is 23.7 Å². The first-order valence-electron chi connectivity index (χ1n) is 12.5. The summed E-state index contributed by atoms with van der Waals surface area (Å²) in [6, 6.07) is 12.8. The highest BCUT2D eigenvalue weighted by Crippen LogP contribution is 2.39. The number of nitrogens with two attached hydrogens (primary N) is 1. The number of aromatic amines is 1. The maximum absolute atomic E-state index is 12.7. The number of piperidine rings is 1. The van der Waals surface area contributed by atoms with Gasteiger partial charge in [-0.3, -0.25) is 9.89 Å². The number of carbonyl (C=O) groups excluding carboxylic acids is 1. The second-order valence-corrected chi connectivity index (χ2v) is 10.7. The minimum atomic E-state index is -1.05. The third-order valence-corrected chi connectivity index (χ3v) is 7.06. The van der Waals surface area contributed by atoms with Crippen molar-refractivity contribution in [2.45, 2.75) is 50.7 Å². The highest BCUT2D eigenvalue weighted by molar-refractivity contribution is 5.96. The van der Waals surface area contributed by atoms with Crippen LogP contribution in [0.1, 0.15) is 44.7 Å². The molecule has 1 amide bonds. The Balaban J connectivity index is 1.62. The summed E-state index contributed by atoms with van der Waals surface area (Å²) in [5.41, 5.74) is 10.2. The molecule has 1 unspecified atom stereocenters. The number of anilines is 2. The Hall–Kier alpha value is -3.78. The van der Waals surface area contributed by atoms with Crippen LogP contribution in [0.15, 0.2) is 66.5 Å². The molecule has 36 heavy (non-hydrogen) atoms. The van der Waals surface area contributed by atoms with E-state index >= 15 is 0 Å². The van der Waals surface area contributed by atoms with E-state index in [0.717, 1.165) is 53.8 Å². The monoisotopic (exact) mass is 485 g/mol. The fraction of sp³-hybridized carbons (Fsp3) is 0.357. The largest absolute Gasteiger partial charge is 0.382 e. The number of dihydropyridines is 1. The van der Waals surface area contributed by atoms with Gasteiger partial charge in [-0.15, -0.1) is 0 Å². The quantitative estimate of drug-likeness (QED) is 0.316. The fourth-order valence-electron chi connectivity index (χ4n) is 5.17. The van der Waals surface area contributed by atoms with E-state index in [1.807, 2.05) is 24.4 Å². The standard InChI is InChI=1S/C28H35N7O/c1-27(2,3)22-9-7-19(15-25(22)33-20-10-13-30-14-11-20)28(23(26(29)36)5-4-12-31-28)34-21-8-6-18-17-32-35-24(18)16-21/h4-9,12,15-17,20,30-31,33-34H,10-11,13-14H2,1-3H3,(H2,29,36)(H,32,35). The molecule has 0 saturated carbocycles. The number of hydrogen-bond acceptors (Lipinski definition) is 6. The number of hydrogen-bond donors (Lipinski definition) is 6. The van der Waals surface area contributed by atoms with Crippen molar-refractivity contribution in [1.82, 2.24) is 20.8 Å². The lowest BCUT2D eigenvalue weighted by atomic mass is 9.81. The molecule has 2 aliphatic heterocycles. The van der Waals surface area contributed by atoms with Gasteiger partial charge >= 0.3 is 0 Å². The van der Waals surface area contributed by atoms with Gasteiger partial charge in [-0.25, -0.2) is 0 Å². The molecule has 3 aromatic rings. The predicted octanol–water partition coefficient (Wildman–Crippen LogP) is 3.82. The van der Waals surface area contributed by atoms with E-state index in [-0.39, 0.29) is 5.41 Å². The maximum atomic E-state index is 12.7. The molecule has 5 rings (SSSR count). The van der Waals surface area contributed by atoms with Crippen molar-refractivity contribution in [3.8, 4) is 0 Å². The van der Waals surface area contributed by atoms with Crippen molar-refractivity contribution in [3.05, 3.63) is 77.6 Å². The second-order valence-electron chi connectivity index (χ2n) is 10.7. The molecular formula is C28H35N7O. The van der Waals surface area contributed by atoms with Gasteiger partial charge in [0.25, 0.3) is 0 Å². The first kappa shape index (κ1) is 23.9. The summed E-state index contributed by atoms with van der Waals surface area (Å²) < 4.78 is 0. The summed E-state index contributed by atoms with van der Waals surface area (Å²) in [7, 11) is 0. The van der Waals surface area contributed by atoms with Crippen LogP contribution in [0.5, 0.6) is 0 Å². The van der Waals surface area contributed by atoms with E-state index in [1.165, 1.54) is 5.56 Å². The van der Waals surface area contributed by atoms with Crippen LogP contribution >= 0.6 is 0 Å². The van der Waals surface area contributed by atoms with E-state index in [9.17, 15) is 4.79 Å². The van der Waals surface area contributed by atoms with Crippen LogP contribution in [-0.2, 0) is 15.9 Å². The van der Waals surface area contributed by atoms with Crippen LogP contribution in [0.2, 0.25) is 0 Å². The normalized spacial score (nSPS) is 20.6. The first-order valence-corrected chi connectivity index (χ1v) is 12.5. The van der Waals surface area contributed by atoms with Gasteiger partial charge in [0.1, 0.15) is 0 Å². The van der Waals surface area contributed by atoms with Crippen LogP contribution in [0, 0.1) is 0 Å². The Morgan fingerprint density at radius 1 is 1.14 bits per heavy atom. The molecule has 2 aromatic carbocycles. The molecule has 2 aliphatic rings. The molecule has 8 heteroatoms. The third-order valence-electron chi connectivity index (χ3n) is 7.06. The van der Waals surface area contributed by atoms with Crippen molar-refractivity contribution >= 4 is 28.2 Å². The Bertz CT molecular complexity index is 1330. The lowest BCUT2D eigenvalue weighted by Gasteiger charge is -2.40. The second kappa shape index (κ2) is 9.35. The molecule has 0 aliphatic carbocycles. The van der Waals surface area contributed by atoms with E-state index in [1.54, 1.807) is 18.3 Å². The molecule has 7 N–H and O–H groups in total. The number of carbonyl (C=O) groups is 1. The summed E-state index contributed by atoms with van der Waals surface area (Å²) >= 11 is 0. The SMILES string of the molecule is CC(C)(C)c1ccc(C2(Nc3ccc4cn[nH]c4c3)NC=CC=C2C(N)=O)cc1NC1CCNCC1. The third kappa shape index (κ3) is 4.56. The average Bonchev–Trinajstić information content (AvgIpc) is 3.32. The predicted molar refractivity (Wildman–Crippen MR) is 146 cm³/mol. The fourth-order valence-corrected chi connectivity index (χ4v) is 5.17. The van der Waals surface area contributed by atoms with E-state index in [4.69, 9.17) is 5.73 Å². The highest BCUT2D eigenvalue weighted by Gasteiger charge is 2.40. The molecule has 0 radical (unpaired) electrons. The van der Waals surface area contributed by atoms with Gasteiger partial charge in [0.05, 0.1) is 17.3 Å². The van der Waals surface area contributed by atoms with Crippen LogP contribution in [0.4, 0.5) is 11.4 Å². The average molecular weight is 486 g/mol. The van der Waals surface area contributed by atoms with Crippen molar-refractivity contribution < 1.29 is 4.79 Å². The molecule has 0 bridgehead atoms. The summed E-state index contributed by atoms with van der Waals surface area (Å²) in [5, 5.41) is 22.4. The summed E-state index contributed by atoms with van der Waals surface area (Å²) in [5.74, 6) is -0.491. The summed E-state index contributed by atoms with van der Waals surface area (Å²) in [6.07, 6.45) is 9.33. The van der Waals surface area contributed by atoms with Gasteiger partial charge in [0.2, 0.25) is 5.91 Å². The van der Waals surface area contributed by atoms with Crippen LogP contribution in [-0.4, -0.2) is 35.2 Å². The van der Waals surface area contributed by atoms with Crippen LogP contribution in [0.25, 0.3) is 10.9 Å². The molecule has 1 aromatic heterocycles. The number of fused-ring (bicyclic) bond motifs is 1. The van der Waals surface area contributed by atoms with Gasteiger partial charge in [0, 0.05) is 28.4 Å². The summed E-state index contributed by atoms with van der Waals surface area (Å²) in [6.45, 7) is 8.67. The first-order chi connectivity index (χ1) is 17.3. The number of allylic oxidation sites excluding steroid dienone is 2. The van der Waals surface area contributed by atoms with Crippen LogP contribution < -0.4 is 27.0 Å². The molecule has 188 valence electrons. The number of primary amides is 1. The molecule has 1 atom stereocenters. The molecular weight excluding hydrogens is 450 g/mol. The lowest BCUT2D eigenvalue weighted by molar-refractivity contribution is -0.115. The maximum Gasteiger partial charge on any atom is 0.249 e. The Labute approximate surface area is 211 Å². The Morgan fingerprint density at radius 2 is 1.94 bits per heavy atom. The number of nitrogens with zero attached hydrogens (tertiary/aromatic N) is 1. The minimum Gasteiger partial charge on any atom is -0.382 e. The Morgan fingerprint density at radius 3 is 2.69 bits per heavy atom. The van der Waals surface area contributed by atoms with Crippen molar-refractivity contribution in [1.29, 1.82) is 0 Å². The molecule has 0 spiro atoms. The number of amides is 1. The molecule has 1 fully saturated rings. The number of benzene rings is 2. The smallest absolute Gasteiger partial charge is 0.249 e. The zero-order valence-corrected chi connectivity index (χ0v) is 21.1. The minimum absolute atomic E-state index is 0.0533. The number of H-pyrrole nitrogens is 1.